The van der Waals surface area contributed by atoms with Crippen molar-refractivity contribution >= 4 is 18.1 Å². The summed E-state index contributed by atoms with van der Waals surface area (Å²) >= 11 is 0. The van der Waals surface area contributed by atoms with Crippen molar-refractivity contribution < 1.29 is 33.3 Å². The molecule has 1 N–H and O–H groups in total. The van der Waals surface area contributed by atoms with Crippen LogP contribution in [-0.2, 0) is 0 Å². The van der Waals surface area contributed by atoms with Gasteiger partial charge in [0.2, 0.25) is 0 Å². The molecule has 0 radical (unpaired) electrons. The number of carbonyl (C=O) groups is 2. The van der Waals surface area contributed by atoms with Crippen LogP contribution in [0.25, 0.3) is 0 Å². The van der Waals surface area contributed by atoms with E-state index in [9.17, 15) is 9.59 Å². The Kier molecular flexibility index (Phi) is 9.90. The Labute approximate surface area is 216 Å². The van der Waals surface area contributed by atoms with Crippen molar-refractivity contribution in [2.75, 3.05) is 27.4 Å². The SMILES string of the molecule is CCCOc1ccc(C(=O)Oc2ccc(C=NNC(=O)c3ccc(OC)c(OC)c3)cc2OCC)cc1. The average Bonchev–Trinajstić information content (AvgIpc) is 2.93. The molecule has 0 aliphatic rings. The van der Waals surface area contributed by atoms with Crippen LogP contribution in [0, 0.1) is 0 Å². The number of amides is 1. The van der Waals surface area contributed by atoms with Gasteiger partial charge in [0.25, 0.3) is 5.91 Å². The number of hydrazone groups is 1. The number of benzene rings is 3. The molecule has 0 unspecified atom stereocenters. The van der Waals surface area contributed by atoms with Crippen molar-refractivity contribution in [2.24, 2.45) is 5.10 Å². The van der Waals surface area contributed by atoms with Gasteiger partial charge in [0, 0.05) is 5.56 Å². The second-order valence-corrected chi connectivity index (χ2v) is 7.67. The maximum absolute atomic E-state index is 12.6. The van der Waals surface area contributed by atoms with Gasteiger partial charge in [0.05, 0.1) is 39.2 Å². The van der Waals surface area contributed by atoms with Crippen LogP contribution in [-0.4, -0.2) is 45.5 Å². The topological polar surface area (TPSA) is 105 Å². The molecule has 37 heavy (non-hydrogen) atoms. The molecule has 0 fully saturated rings. The van der Waals surface area contributed by atoms with E-state index in [1.165, 1.54) is 20.4 Å². The van der Waals surface area contributed by atoms with Gasteiger partial charge < -0.3 is 23.7 Å². The standard InChI is InChI=1S/C28H30N2O7/c1-5-15-36-22-11-8-20(9-12-22)28(32)37-24-13-7-19(16-26(24)35-6-2)18-29-30-27(31)21-10-14-23(33-3)25(17-21)34-4/h7-14,16-18H,5-6,15H2,1-4H3,(H,30,31). The number of methoxy groups -OCH3 is 2. The molecule has 3 aromatic rings. The van der Waals surface area contributed by atoms with Crippen LogP contribution < -0.4 is 29.1 Å². The van der Waals surface area contributed by atoms with Crippen molar-refractivity contribution in [3.05, 3.63) is 77.4 Å². The monoisotopic (exact) mass is 506 g/mol. The van der Waals surface area contributed by atoms with Crippen LogP contribution >= 0.6 is 0 Å². The largest absolute Gasteiger partial charge is 0.494 e. The summed E-state index contributed by atoms with van der Waals surface area (Å²) in [6.45, 7) is 4.82. The van der Waals surface area contributed by atoms with Gasteiger partial charge in [-0.3, -0.25) is 4.79 Å². The predicted octanol–water partition coefficient (Wildman–Crippen LogP) is 4.87. The van der Waals surface area contributed by atoms with E-state index in [2.05, 4.69) is 10.5 Å². The van der Waals surface area contributed by atoms with Crippen molar-refractivity contribution in [1.82, 2.24) is 5.43 Å². The fraction of sp³-hybridized carbons (Fsp3) is 0.250. The van der Waals surface area contributed by atoms with E-state index in [0.29, 0.717) is 52.9 Å². The molecule has 0 heterocycles. The van der Waals surface area contributed by atoms with Crippen LogP contribution in [0.4, 0.5) is 0 Å². The fourth-order valence-electron chi connectivity index (χ4n) is 3.23. The summed E-state index contributed by atoms with van der Waals surface area (Å²) in [6, 6.07) is 16.5. The van der Waals surface area contributed by atoms with Crippen LogP contribution in [0.2, 0.25) is 0 Å². The molecule has 0 saturated carbocycles. The van der Waals surface area contributed by atoms with E-state index in [0.717, 1.165) is 6.42 Å². The maximum Gasteiger partial charge on any atom is 0.343 e. The highest BCUT2D eigenvalue weighted by molar-refractivity contribution is 5.95. The van der Waals surface area contributed by atoms with Crippen molar-refractivity contribution in [3.8, 4) is 28.7 Å². The normalized spacial score (nSPS) is 10.6. The van der Waals surface area contributed by atoms with Crippen molar-refractivity contribution in [3.63, 3.8) is 0 Å². The minimum absolute atomic E-state index is 0.268. The van der Waals surface area contributed by atoms with E-state index in [1.807, 2.05) is 13.8 Å². The lowest BCUT2D eigenvalue weighted by molar-refractivity contribution is 0.0728. The Morgan fingerprint density at radius 2 is 1.51 bits per heavy atom. The molecule has 0 atom stereocenters. The number of nitrogens with one attached hydrogen (secondary N) is 1. The first-order chi connectivity index (χ1) is 18.0. The third-order valence-corrected chi connectivity index (χ3v) is 5.06. The molecular weight excluding hydrogens is 476 g/mol. The molecule has 0 aromatic heterocycles. The first kappa shape index (κ1) is 27.1. The zero-order chi connectivity index (χ0) is 26.6. The molecule has 9 heteroatoms. The molecule has 3 aromatic carbocycles. The molecule has 0 aliphatic heterocycles. The zero-order valence-electron chi connectivity index (χ0n) is 21.3. The summed E-state index contributed by atoms with van der Waals surface area (Å²) in [6.07, 6.45) is 2.36. The first-order valence-corrected chi connectivity index (χ1v) is 11.8. The smallest absolute Gasteiger partial charge is 0.343 e. The highest BCUT2D eigenvalue weighted by Crippen LogP contribution is 2.29. The average molecular weight is 507 g/mol. The molecule has 1 amide bonds. The summed E-state index contributed by atoms with van der Waals surface area (Å²) in [5.74, 6) is 1.34. The maximum atomic E-state index is 12.6. The van der Waals surface area contributed by atoms with Crippen LogP contribution in [0.3, 0.4) is 0 Å². The van der Waals surface area contributed by atoms with Gasteiger partial charge >= 0.3 is 5.97 Å². The summed E-state index contributed by atoms with van der Waals surface area (Å²) < 4.78 is 27.2. The molecule has 3 rings (SSSR count). The van der Waals surface area contributed by atoms with Crippen molar-refractivity contribution in [2.45, 2.75) is 20.3 Å². The number of esters is 1. The molecule has 0 spiro atoms. The van der Waals surface area contributed by atoms with Gasteiger partial charge in [0.15, 0.2) is 23.0 Å². The number of carbonyl (C=O) groups excluding carboxylic acids is 2. The van der Waals surface area contributed by atoms with E-state index < -0.39 is 11.9 Å². The Hall–Kier alpha value is -4.53. The third kappa shape index (κ3) is 7.47. The second kappa shape index (κ2) is 13.5. The number of ether oxygens (including phenoxy) is 5. The van der Waals surface area contributed by atoms with Crippen LogP contribution in [0.1, 0.15) is 46.5 Å². The molecular formula is C28H30N2O7. The van der Waals surface area contributed by atoms with Crippen LogP contribution in [0.5, 0.6) is 28.7 Å². The van der Waals surface area contributed by atoms with Gasteiger partial charge in [0.1, 0.15) is 5.75 Å². The predicted molar refractivity (Wildman–Crippen MR) is 139 cm³/mol. The van der Waals surface area contributed by atoms with Gasteiger partial charge in [-0.05, 0) is 79.6 Å². The number of rotatable bonds is 12. The van der Waals surface area contributed by atoms with E-state index in [4.69, 9.17) is 23.7 Å². The summed E-state index contributed by atoms with van der Waals surface area (Å²) in [4.78, 5) is 25.1. The lowest BCUT2D eigenvalue weighted by Gasteiger charge is -2.12. The summed E-state index contributed by atoms with van der Waals surface area (Å²) in [7, 11) is 3.01. The Morgan fingerprint density at radius 3 is 2.19 bits per heavy atom. The fourth-order valence-corrected chi connectivity index (χ4v) is 3.23. The zero-order valence-corrected chi connectivity index (χ0v) is 21.3. The minimum atomic E-state index is -0.522. The Bertz CT molecular complexity index is 1240. The number of hydrogen-bond acceptors (Lipinski definition) is 8. The van der Waals surface area contributed by atoms with Crippen LogP contribution in [0.15, 0.2) is 65.8 Å². The molecule has 0 bridgehead atoms. The summed E-state index contributed by atoms with van der Waals surface area (Å²) in [5, 5.41) is 4.01. The van der Waals surface area contributed by atoms with E-state index in [1.54, 1.807) is 60.7 Å². The molecule has 194 valence electrons. The molecule has 0 saturated heterocycles. The number of nitrogens with zero attached hydrogens (tertiary/aromatic N) is 1. The van der Waals surface area contributed by atoms with Gasteiger partial charge in [-0.2, -0.15) is 5.10 Å². The van der Waals surface area contributed by atoms with E-state index >= 15 is 0 Å². The number of hydrogen-bond donors (Lipinski definition) is 1. The third-order valence-electron chi connectivity index (χ3n) is 5.06. The highest BCUT2D eigenvalue weighted by atomic mass is 16.6. The lowest BCUT2D eigenvalue weighted by Crippen LogP contribution is -2.17. The van der Waals surface area contributed by atoms with E-state index in [-0.39, 0.29) is 5.75 Å². The molecule has 0 aliphatic carbocycles. The lowest BCUT2D eigenvalue weighted by atomic mass is 10.2. The van der Waals surface area contributed by atoms with Gasteiger partial charge in [-0.15, -0.1) is 0 Å². The second-order valence-electron chi connectivity index (χ2n) is 7.67. The molecule has 9 nitrogen and oxygen atoms in total. The first-order valence-electron chi connectivity index (χ1n) is 11.8. The minimum Gasteiger partial charge on any atom is -0.494 e. The van der Waals surface area contributed by atoms with Crippen molar-refractivity contribution in [1.29, 1.82) is 0 Å². The summed E-state index contributed by atoms with van der Waals surface area (Å²) in [5.41, 5.74) is 3.85. The quantitative estimate of drug-likeness (QED) is 0.162. The Balaban J connectivity index is 1.67. The van der Waals surface area contributed by atoms with Gasteiger partial charge in [-0.1, -0.05) is 6.92 Å². The van der Waals surface area contributed by atoms with Gasteiger partial charge in [-0.25, -0.2) is 10.2 Å². The highest BCUT2D eigenvalue weighted by Gasteiger charge is 2.14. The Morgan fingerprint density at radius 1 is 0.811 bits per heavy atom.